The van der Waals surface area contributed by atoms with E-state index in [0.29, 0.717) is 0 Å². The van der Waals surface area contributed by atoms with Crippen molar-refractivity contribution in [2.24, 2.45) is 0 Å². The van der Waals surface area contributed by atoms with Crippen LogP contribution in [0, 0.1) is 0 Å². The third-order valence-electron chi connectivity index (χ3n) is 7.14. The van der Waals surface area contributed by atoms with Gasteiger partial charge in [-0.3, -0.25) is 9.59 Å². The lowest BCUT2D eigenvalue weighted by Gasteiger charge is -2.48. The van der Waals surface area contributed by atoms with Crippen LogP contribution in [-0.4, -0.2) is 164 Å². The minimum atomic E-state index is -2.07. The molecule has 0 saturated carbocycles. The number of ether oxygens (including phenoxy) is 5. The van der Waals surface area contributed by atoms with E-state index in [9.17, 15) is 55.2 Å². The molecule has 0 radical (unpaired) electrons. The van der Waals surface area contributed by atoms with Crippen molar-refractivity contribution in [3.05, 3.63) is 0 Å². The molecule has 18 nitrogen and oxygen atoms in total. The maximum Gasteiger partial charge on any atom is 0.335 e. The summed E-state index contributed by atoms with van der Waals surface area (Å²) in [4.78, 5) is 35.6. The first-order valence-corrected chi connectivity index (χ1v) is 12.9. The van der Waals surface area contributed by atoms with Crippen LogP contribution in [0.15, 0.2) is 0 Å². The second-order valence-corrected chi connectivity index (χ2v) is 10.2. The van der Waals surface area contributed by atoms with Gasteiger partial charge in [-0.15, -0.1) is 0 Å². The van der Waals surface area contributed by atoms with Gasteiger partial charge in [0.2, 0.25) is 11.8 Å². The van der Waals surface area contributed by atoms with Crippen LogP contribution in [0.5, 0.6) is 0 Å². The molecular formula is C23H38N2O16. The molecule has 3 aliphatic rings. The molecule has 0 bridgehead atoms. The summed E-state index contributed by atoms with van der Waals surface area (Å²) < 4.78 is 27.6. The SMILES string of the molecule is CC(=O)NC1C(OC2C(C(=O)O)OC(OC3C(O)C(CO)OC(C)C3NC(C)=O)C(O)C2O)OC(CO)C(O)C1O. The highest BCUT2D eigenvalue weighted by molar-refractivity contribution is 5.74. The highest BCUT2D eigenvalue weighted by atomic mass is 16.7. The average molecular weight is 599 g/mol. The Hall–Kier alpha value is -2.07. The Morgan fingerprint density at radius 2 is 1.22 bits per heavy atom. The topological polar surface area (TPSA) is 283 Å². The Balaban J connectivity index is 1.86. The fourth-order valence-electron chi connectivity index (χ4n) is 5.08. The maximum absolute atomic E-state index is 12.2. The fourth-order valence-corrected chi connectivity index (χ4v) is 5.08. The van der Waals surface area contributed by atoms with Gasteiger partial charge in [0.1, 0.15) is 61.0 Å². The van der Waals surface area contributed by atoms with Crippen molar-refractivity contribution in [2.75, 3.05) is 13.2 Å². The number of aliphatic carboxylic acids is 1. The molecule has 236 valence electrons. The summed E-state index contributed by atoms with van der Waals surface area (Å²) in [5.41, 5.74) is 0. The van der Waals surface area contributed by atoms with E-state index in [-0.39, 0.29) is 0 Å². The van der Waals surface area contributed by atoms with Crippen LogP contribution < -0.4 is 10.6 Å². The molecular weight excluding hydrogens is 560 g/mol. The van der Waals surface area contributed by atoms with E-state index in [2.05, 4.69) is 10.6 Å². The van der Waals surface area contributed by atoms with Gasteiger partial charge < -0.3 is 75.2 Å². The van der Waals surface area contributed by atoms with Crippen molar-refractivity contribution in [1.29, 1.82) is 0 Å². The van der Waals surface area contributed by atoms with Gasteiger partial charge in [-0.25, -0.2) is 4.79 Å². The lowest BCUT2D eigenvalue weighted by molar-refractivity contribution is -0.354. The van der Waals surface area contributed by atoms with Crippen LogP contribution >= 0.6 is 0 Å². The van der Waals surface area contributed by atoms with Gasteiger partial charge in [-0.2, -0.15) is 0 Å². The summed E-state index contributed by atoms with van der Waals surface area (Å²) in [5, 5.41) is 86.9. The second kappa shape index (κ2) is 13.9. The fraction of sp³-hybridized carbons (Fsp3) is 0.870. The van der Waals surface area contributed by atoms with E-state index in [1.807, 2.05) is 0 Å². The molecule has 15 atom stereocenters. The van der Waals surface area contributed by atoms with Crippen molar-refractivity contribution in [2.45, 2.75) is 113 Å². The molecule has 10 N–H and O–H groups in total. The maximum atomic E-state index is 12.2. The van der Waals surface area contributed by atoms with Crippen LogP contribution in [0.2, 0.25) is 0 Å². The molecule has 0 aromatic rings. The Kier molecular flexibility index (Phi) is 11.4. The van der Waals surface area contributed by atoms with Crippen LogP contribution in [0.3, 0.4) is 0 Å². The van der Waals surface area contributed by atoms with Gasteiger partial charge in [-0.05, 0) is 6.92 Å². The average Bonchev–Trinajstić information content (AvgIpc) is 2.90. The number of amides is 2. The summed E-state index contributed by atoms with van der Waals surface area (Å²) >= 11 is 0. The molecule has 0 spiro atoms. The Morgan fingerprint density at radius 1 is 0.683 bits per heavy atom. The lowest BCUT2D eigenvalue weighted by Crippen LogP contribution is -2.69. The van der Waals surface area contributed by atoms with Crippen LogP contribution in [0.25, 0.3) is 0 Å². The normalized spacial score (nSPS) is 45.1. The Labute approximate surface area is 233 Å². The molecule has 0 aromatic carbocycles. The van der Waals surface area contributed by atoms with Gasteiger partial charge in [0.05, 0.1) is 25.4 Å². The third-order valence-corrected chi connectivity index (χ3v) is 7.14. The van der Waals surface area contributed by atoms with Gasteiger partial charge in [-0.1, -0.05) is 0 Å². The molecule has 3 rings (SSSR count). The molecule has 3 saturated heterocycles. The first kappa shape index (κ1) is 33.4. The molecule has 0 aromatic heterocycles. The zero-order valence-corrected chi connectivity index (χ0v) is 22.4. The first-order chi connectivity index (χ1) is 19.2. The molecule has 15 unspecified atom stereocenters. The third kappa shape index (κ3) is 7.29. The first-order valence-electron chi connectivity index (χ1n) is 12.9. The molecule has 3 fully saturated rings. The van der Waals surface area contributed by atoms with Crippen molar-refractivity contribution >= 4 is 17.8 Å². The van der Waals surface area contributed by atoms with Crippen LogP contribution in [0.1, 0.15) is 20.8 Å². The molecule has 0 aliphatic carbocycles. The zero-order chi connectivity index (χ0) is 30.8. The van der Waals surface area contributed by atoms with E-state index in [1.165, 1.54) is 13.8 Å². The van der Waals surface area contributed by atoms with E-state index in [0.717, 1.165) is 6.92 Å². The van der Waals surface area contributed by atoms with Crippen molar-refractivity contribution in [3.8, 4) is 0 Å². The zero-order valence-electron chi connectivity index (χ0n) is 22.4. The van der Waals surface area contributed by atoms with Gasteiger partial charge in [0.25, 0.3) is 0 Å². The lowest BCUT2D eigenvalue weighted by atomic mass is 9.92. The van der Waals surface area contributed by atoms with Crippen LogP contribution in [0.4, 0.5) is 0 Å². The van der Waals surface area contributed by atoms with Crippen LogP contribution in [-0.2, 0) is 38.1 Å². The summed E-state index contributed by atoms with van der Waals surface area (Å²) in [7, 11) is 0. The minimum Gasteiger partial charge on any atom is -0.479 e. The number of hydrogen-bond donors (Lipinski definition) is 10. The number of nitrogens with one attached hydrogen (secondary N) is 2. The number of carbonyl (C=O) groups is 3. The van der Waals surface area contributed by atoms with E-state index in [1.54, 1.807) is 0 Å². The second-order valence-electron chi connectivity index (χ2n) is 10.2. The van der Waals surface area contributed by atoms with Gasteiger partial charge in [0.15, 0.2) is 18.7 Å². The van der Waals surface area contributed by atoms with Gasteiger partial charge >= 0.3 is 5.97 Å². The monoisotopic (exact) mass is 598 g/mol. The summed E-state index contributed by atoms with van der Waals surface area (Å²) in [5.74, 6) is -2.93. The molecule has 3 heterocycles. The largest absolute Gasteiger partial charge is 0.479 e. The smallest absolute Gasteiger partial charge is 0.335 e. The highest BCUT2D eigenvalue weighted by Crippen LogP contribution is 2.32. The van der Waals surface area contributed by atoms with Crippen molar-refractivity contribution in [3.63, 3.8) is 0 Å². The van der Waals surface area contributed by atoms with Crippen molar-refractivity contribution < 1.29 is 78.9 Å². The number of rotatable bonds is 9. The number of hydrogen-bond acceptors (Lipinski definition) is 15. The quantitative estimate of drug-likeness (QED) is 0.118. The predicted molar refractivity (Wildman–Crippen MR) is 128 cm³/mol. The molecule has 3 aliphatic heterocycles. The highest BCUT2D eigenvalue weighted by Gasteiger charge is 2.55. The summed E-state index contributed by atoms with van der Waals surface area (Å²) in [6.07, 6.45) is -21.6. The summed E-state index contributed by atoms with van der Waals surface area (Å²) in [6.45, 7) is 2.34. The Morgan fingerprint density at radius 3 is 1.76 bits per heavy atom. The number of aliphatic hydroxyl groups is 7. The number of carboxylic acid groups (broad SMARTS) is 1. The Bertz CT molecular complexity index is 926. The number of aliphatic hydroxyl groups excluding tert-OH is 7. The van der Waals surface area contributed by atoms with Gasteiger partial charge in [0, 0.05) is 13.8 Å². The molecule has 41 heavy (non-hydrogen) atoms. The van der Waals surface area contributed by atoms with E-state index in [4.69, 9.17) is 23.7 Å². The molecule has 18 heteroatoms. The summed E-state index contributed by atoms with van der Waals surface area (Å²) in [6, 6.07) is -2.54. The predicted octanol–water partition coefficient (Wildman–Crippen LogP) is -6.12. The number of carbonyl (C=O) groups excluding carboxylic acids is 2. The van der Waals surface area contributed by atoms with E-state index >= 15 is 0 Å². The molecule has 2 amide bonds. The standard InChI is InChI=1S/C23H38N2O16/c1-6-11(24-7(2)28)18(14(31)10(5-27)37-6)39-23-17(34)16(33)19(20(41-23)21(35)36)40-22-12(25-8(3)29)15(32)13(30)9(4-26)38-22/h6,9-20,22-23,26-27,30-34H,4-5H2,1-3H3,(H,24,28)(H,25,29)(H,35,36). The van der Waals surface area contributed by atoms with Crippen molar-refractivity contribution in [1.82, 2.24) is 10.6 Å². The number of carboxylic acids is 1. The minimum absolute atomic E-state index is 0.537. The van der Waals surface area contributed by atoms with E-state index < -0.39 is 123 Å².